The van der Waals surface area contributed by atoms with Gasteiger partial charge in [0.1, 0.15) is 13.2 Å². The Labute approximate surface area is 468 Å². The number of likely N-dealkylation sites (N-methyl/N-ethyl adjacent to an activating group) is 1. The topological polar surface area (TPSA) is 108 Å². The van der Waals surface area contributed by atoms with Gasteiger partial charge in [-0.1, -0.05) is 254 Å². The molecule has 0 bridgehead atoms. The van der Waals surface area contributed by atoms with Gasteiger partial charge >= 0.3 is 17.9 Å². The van der Waals surface area contributed by atoms with Crippen LogP contribution >= 0.6 is 0 Å². The number of carboxylic acids is 1. The second-order valence-electron chi connectivity index (χ2n) is 22.3. The minimum absolute atomic E-state index is 0.185. The van der Waals surface area contributed by atoms with E-state index in [0.717, 1.165) is 89.9 Å². The third-order valence-corrected chi connectivity index (χ3v) is 13.7. The summed E-state index contributed by atoms with van der Waals surface area (Å²) in [4.78, 5) is 37.4. The minimum Gasteiger partial charge on any atom is -0.477 e. The Balaban J connectivity index is 4.01. The quantitative estimate of drug-likeness (QED) is 0.0211. The van der Waals surface area contributed by atoms with Gasteiger partial charge in [0, 0.05) is 12.8 Å². The molecule has 0 aromatic carbocycles. The number of hydrogen-bond donors (Lipinski definition) is 1. The first-order chi connectivity index (χ1) is 37.1. The van der Waals surface area contributed by atoms with Crippen LogP contribution in [0.15, 0.2) is 72.9 Å². The normalized spacial score (nSPS) is 13.2. The molecule has 0 aromatic heterocycles. The zero-order chi connectivity index (χ0) is 55.5. The number of rotatable bonds is 58. The molecule has 9 heteroatoms. The van der Waals surface area contributed by atoms with Gasteiger partial charge in [-0.15, -0.1) is 0 Å². The smallest absolute Gasteiger partial charge is 0.361 e. The average molecular weight is 1070 g/mol. The summed E-state index contributed by atoms with van der Waals surface area (Å²) in [5.74, 6) is -2.00. The Morgan fingerprint density at radius 1 is 0.408 bits per heavy atom. The maximum atomic E-state index is 12.9. The number of ether oxygens (including phenoxy) is 4. The summed E-state index contributed by atoms with van der Waals surface area (Å²) in [7, 11) is 5.97. The highest BCUT2D eigenvalue weighted by Crippen LogP contribution is 2.17. The number of esters is 2. The monoisotopic (exact) mass is 1070 g/mol. The van der Waals surface area contributed by atoms with Gasteiger partial charge < -0.3 is 28.5 Å². The summed E-state index contributed by atoms with van der Waals surface area (Å²) in [6.45, 7) is 4.76. The molecule has 2 atom stereocenters. The standard InChI is InChI=1S/C67H119NO8/c1-6-8-10-12-14-16-18-20-22-23-24-25-26-27-28-29-30-31-32-33-34-35-36-37-38-39-40-41-42-43-44-46-48-50-52-54-56-58-65(70)76-63(62-75-67(66(71)72)73-60-59-68(3,4)5)61-74-64(69)57-55-53-51-49-47-45-21-19-17-15-13-11-9-7-2/h8,10,14,16,19-22,24-25,27-28,63,67H,6-7,9,11-13,15,17-18,23,26,29-62H2,1-5H3/p+1/b10-8-,16-14-,21-19-,22-20-,25-24-,28-27-. The molecule has 0 aliphatic rings. The van der Waals surface area contributed by atoms with Crippen LogP contribution in [-0.4, -0.2) is 87.4 Å². The van der Waals surface area contributed by atoms with E-state index in [1.165, 1.54) is 161 Å². The number of carbonyl (C=O) groups excluding carboxylic acids is 2. The summed E-state index contributed by atoms with van der Waals surface area (Å²) in [6.07, 6.45) is 73.0. The van der Waals surface area contributed by atoms with Gasteiger partial charge in [-0.2, -0.15) is 0 Å². The number of carbonyl (C=O) groups is 3. The fraction of sp³-hybridized carbons (Fsp3) is 0.776. The molecule has 0 aliphatic heterocycles. The van der Waals surface area contributed by atoms with Crippen LogP contribution in [0.2, 0.25) is 0 Å². The Kier molecular flexibility index (Phi) is 55.4. The van der Waals surface area contributed by atoms with E-state index in [0.29, 0.717) is 17.4 Å². The van der Waals surface area contributed by atoms with Crippen LogP contribution in [0.5, 0.6) is 0 Å². The van der Waals surface area contributed by atoms with Crippen molar-refractivity contribution in [2.24, 2.45) is 0 Å². The third-order valence-electron chi connectivity index (χ3n) is 13.7. The van der Waals surface area contributed by atoms with Crippen LogP contribution < -0.4 is 0 Å². The number of nitrogens with zero attached hydrogens (tertiary/aromatic N) is 1. The highest BCUT2D eigenvalue weighted by atomic mass is 16.7. The van der Waals surface area contributed by atoms with Gasteiger partial charge in [0.2, 0.25) is 0 Å². The molecular weight excluding hydrogens is 947 g/mol. The van der Waals surface area contributed by atoms with Crippen LogP contribution in [0, 0.1) is 0 Å². The van der Waals surface area contributed by atoms with Crippen molar-refractivity contribution in [1.29, 1.82) is 0 Å². The third kappa shape index (κ3) is 58.4. The molecule has 0 aliphatic carbocycles. The lowest BCUT2D eigenvalue weighted by atomic mass is 10.0. The van der Waals surface area contributed by atoms with E-state index >= 15 is 0 Å². The van der Waals surface area contributed by atoms with E-state index in [9.17, 15) is 19.5 Å². The second kappa shape index (κ2) is 57.9. The van der Waals surface area contributed by atoms with Crippen LogP contribution in [0.25, 0.3) is 0 Å². The van der Waals surface area contributed by atoms with Crippen molar-refractivity contribution in [2.75, 3.05) is 47.5 Å². The molecule has 0 radical (unpaired) electrons. The number of aliphatic carboxylic acids is 1. The van der Waals surface area contributed by atoms with Crippen LogP contribution in [0.4, 0.5) is 0 Å². The van der Waals surface area contributed by atoms with Crippen molar-refractivity contribution in [3.63, 3.8) is 0 Å². The Bertz CT molecular complexity index is 1470. The summed E-state index contributed by atoms with van der Waals surface area (Å²) >= 11 is 0. The van der Waals surface area contributed by atoms with Gasteiger partial charge in [-0.25, -0.2) is 4.79 Å². The maximum Gasteiger partial charge on any atom is 0.361 e. The first-order valence-electron chi connectivity index (χ1n) is 31.6. The first kappa shape index (κ1) is 72.7. The molecular formula is C67H120NO8+. The van der Waals surface area contributed by atoms with Crippen molar-refractivity contribution in [3.8, 4) is 0 Å². The number of unbranched alkanes of at least 4 members (excludes halogenated alkanes) is 31. The Morgan fingerprint density at radius 2 is 0.750 bits per heavy atom. The van der Waals surface area contributed by atoms with Crippen molar-refractivity contribution < 1.29 is 42.9 Å². The van der Waals surface area contributed by atoms with E-state index in [1.54, 1.807) is 0 Å². The van der Waals surface area contributed by atoms with E-state index in [1.807, 2.05) is 21.1 Å². The van der Waals surface area contributed by atoms with Crippen LogP contribution in [0.1, 0.15) is 277 Å². The Hall–Kier alpha value is -3.27. The molecule has 76 heavy (non-hydrogen) atoms. The van der Waals surface area contributed by atoms with Crippen molar-refractivity contribution in [2.45, 2.75) is 289 Å². The number of quaternary nitrogens is 1. The van der Waals surface area contributed by atoms with Gasteiger partial charge in [-0.05, 0) is 83.5 Å². The predicted molar refractivity (Wildman–Crippen MR) is 323 cm³/mol. The molecule has 9 nitrogen and oxygen atoms in total. The van der Waals surface area contributed by atoms with Gasteiger partial charge in [0.15, 0.2) is 6.10 Å². The number of hydrogen-bond acceptors (Lipinski definition) is 7. The lowest BCUT2D eigenvalue weighted by Gasteiger charge is -2.25. The fourth-order valence-electron chi connectivity index (χ4n) is 8.86. The summed E-state index contributed by atoms with van der Waals surface area (Å²) < 4.78 is 22.9. The van der Waals surface area contributed by atoms with Crippen LogP contribution in [-0.2, 0) is 33.3 Å². The molecule has 0 saturated heterocycles. The molecule has 0 amide bonds. The van der Waals surface area contributed by atoms with Gasteiger partial charge in [0.25, 0.3) is 6.29 Å². The molecule has 2 unspecified atom stereocenters. The average Bonchev–Trinajstić information content (AvgIpc) is 3.39. The minimum atomic E-state index is -1.51. The van der Waals surface area contributed by atoms with E-state index < -0.39 is 24.3 Å². The zero-order valence-corrected chi connectivity index (χ0v) is 50.2. The van der Waals surface area contributed by atoms with Crippen LogP contribution in [0.3, 0.4) is 0 Å². The van der Waals surface area contributed by atoms with E-state index in [-0.39, 0.29) is 32.2 Å². The molecule has 0 aromatic rings. The lowest BCUT2D eigenvalue weighted by Crippen LogP contribution is -2.40. The molecule has 0 spiro atoms. The predicted octanol–water partition coefficient (Wildman–Crippen LogP) is 19.0. The van der Waals surface area contributed by atoms with E-state index in [2.05, 4.69) is 86.8 Å². The van der Waals surface area contributed by atoms with E-state index in [4.69, 9.17) is 18.9 Å². The van der Waals surface area contributed by atoms with Crippen molar-refractivity contribution in [1.82, 2.24) is 0 Å². The second-order valence-corrected chi connectivity index (χ2v) is 22.3. The molecule has 0 rings (SSSR count). The molecule has 440 valence electrons. The largest absolute Gasteiger partial charge is 0.477 e. The highest BCUT2D eigenvalue weighted by molar-refractivity contribution is 5.71. The molecule has 1 N–H and O–H groups in total. The number of carboxylic acid groups (broad SMARTS) is 1. The van der Waals surface area contributed by atoms with Gasteiger partial charge in [0.05, 0.1) is 34.4 Å². The lowest BCUT2D eigenvalue weighted by molar-refractivity contribution is -0.870. The molecule has 0 saturated carbocycles. The van der Waals surface area contributed by atoms with Crippen molar-refractivity contribution in [3.05, 3.63) is 72.9 Å². The van der Waals surface area contributed by atoms with Crippen molar-refractivity contribution >= 4 is 17.9 Å². The number of allylic oxidation sites excluding steroid dienone is 12. The fourth-order valence-corrected chi connectivity index (χ4v) is 8.86. The highest BCUT2D eigenvalue weighted by Gasteiger charge is 2.25. The molecule has 0 heterocycles. The molecule has 0 fully saturated rings. The Morgan fingerprint density at radius 3 is 1.13 bits per heavy atom. The summed E-state index contributed by atoms with van der Waals surface area (Å²) in [5.41, 5.74) is 0. The zero-order valence-electron chi connectivity index (χ0n) is 50.2. The first-order valence-corrected chi connectivity index (χ1v) is 31.6. The maximum absolute atomic E-state index is 12.9. The summed E-state index contributed by atoms with van der Waals surface area (Å²) in [6, 6.07) is 0. The SMILES string of the molecule is CC/C=C\C/C=C\C/C=C\C/C=C\C/C=C\CCCCCCCCCCCCCCCCCCCCCCCC(=O)OC(COC(=O)CCCCCCC/C=C\CCCCCCC)COC(OCC[N+](C)(C)C)C(=O)O. The van der Waals surface area contributed by atoms with Gasteiger partial charge in [-0.3, -0.25) is 9.59 Å². The summed E-state index contributed by atoms with van der Waals surface area (Å²) in [5, 5.41) is 9.70.